The Hall–Kier alpha value is -0.130. The fourth-order valence-corrected chi connectivity index (χ4v) is 3.38. The summed E-state index contributed by atoms with van der Waals surface area (Å²) in [6.45, 7) is 5.67. The van der Waals surface area contributed by atoms with Gasteiger partial charge in [-0.05, 0) is 45.7 Å². The minimum absolute atomic E-state index is 0.156. The molecule has 0 heterocycles. The second kappa shape index (κ2) is 5.27. The number of hydrogen-bond acceptors (Lipinski definition) is 3. The monoisotopic (exact) mass is 234 g/mol. The van der Waals surface area contributed by atoms with E-state index in [1.54, 1.807) is 0 Å². The first kappa shape index (κ1) is 12.9. The van der Waals surface area contributed by atoms with Crippen LogP contribution in [0.2, 0.25) is 0 Å². The van der Waals surface area contributed by atoms with Gasteiger partial charge in [0.15, 0.2) is 0 Å². The number of hydrogen-bond donors (Lipinski definition) is 2. The van der Waals surface area contributed by atoms with Crippen LogP contribution < -0.4 is 10.0 Å². The Labute approximate surface area is 92.9 Å². The van der Waals surface area contributed by atoms with Gasteiger partial charge in [-0.1, -0.05) is 6.92 Å². The second-order valence-electron chi connectivity index (χ2n) is 4.54. The summed E-state index contributed by atoms with van der Waals surface area (Å²) < 4.78 is 26.1. The Morgan fingerprint density at radius 3 is 2.47 bits per heavy atom. The Morgan fingerprint density at radius 1 is 1.33 bits per heavy atom. The SMILES string of the molecule is CCNCCCS(=O)(=O)NC1(C)CCC1. The summed E-state index contributed by atoms with van der Waals surface area (Å²) in [4.78, 5) is 0. The molecule has 2 N–H and O–H groups in total. The molecule has 0 aromatic rings. The Morgan fingerprint density at radius 2 is 2.00 bits per heavy atom. The molecule has 0 atom stereocenters. The van der Waals surface area contributed by atoms with Crippen LogP contribution in [0.1, 0.15) is 39.5 Å². The van der Waals surface area contributed by atoms with Crippen LogP contribution in [-0.4, -0.2) is 32.8 Å². The zero-order chi connectivity index (χ0) is 11.4. The minimum atomic E-state index is -3.07. The van der Waals surface area contributed by atoms with Crippen molar-refractivity contribution in [2.45, 2.75) is 45.1 Å². The first-order valence-electron chi connectivity index (χ1n) is 5.70. The summed E-state index contributed by atoms with van der Waals surface area (Å²) in [5.41, 5.74) is -0.156. The molecular formula is C10H22N2O2S. The van der Waals surface area contributed by atoms with Gasteiger partial charge in [0.2, 0.25) is 10.0 Å². The molecule has 4 nitrogen and oxygen atoms in total. The van der Waals surface area contributed by atoms with Gasteiger partial charge in [-0.25, -0.2) is 13.1 Å². The molecule has 1 aliphatic rings. The minimum Gasteiger partial charge on any atom is -0.317 e. The fraction of sp³-hybridized carbons (Fsp3) is 1.00. The highest BCUT2D eigenvalue weighted by atomic mass is 32.2. The number of sulfonamides is 1. The summed E-state index contributed by atoms with van der Waals surface area (Å²) in [7, 11) is -3.07. The van der Waals surface area contributed by atoms with Crippen molar-refractivity contribution in [3.63, 3.8) is 0 Å². The molecule has 90 valence electrons. The molecule has 1 aliphatic carbocycles. The topological polar surface area (TPSA) is 58.2 Å². The highest BCUT2D eigenvalue weighted by molar-refractivity contribution is 7.89. The van der Waals surface area contributed by atoms with Gasteiger partial charge in [0, 0.05) is 5.54 Å². The van der Waals surface area contributed by atoms with E-state index in [1.807, 2.05) is 13.8 Å². The molecule has 0 spiro atoms. The largest absolute Gasteiger partial charge is 0.317 e. The van der Waals surface area contributed by atoms with E-state index in [0.29, 0.717) is 6.42 Å². The lowest BCUT2D eigenvalue weighted by atomic mass is 9.80. The van der Waals surface area contributed by atoms with E-state index in [2.05, 4.69) is 10.0 Å². The van der Waals surface area contributed by atoms with Crippen LogP contribution in [-0.2, 0) is 10.0 Å². The predicted molar refractivity (Wildman–Crippen MR) is 62.3 cm³/mol. The van der Waals surface area contributed by atoms with Crippen LogP contribution in [0.15, 0.2) is 0 Å². The standard InChI is InChI=1S/C10H22N2O2S/c1-3-11-8-5-9-15(13,14)12-10(2)6-4-7-10/h11-12H,3-9H2,1-2H3. The molecule has 5 heteroatoms. The number of nitrogens with one attached hydrogen (secondary N) is 2. The van der Waals surface area contributed by atoms with Gasteiger partial charge in [-0.15, -0.1) is 0 Å². The molecule has 15 heavy (non-hydrogen) atoms. The molecule has 0 aromatic heterocycles. The molecule has 1 fully saturated rings. The summed E-state index contributed by atoms with van der Waals surface area (Å²) >= 11 is 0. The molecular weight excluding hydrogens is 212 g/mol. The highest BCUT2D eigenvalue weighted by Gasteiger charge is 2.35. The van der Waals surface area contributed by atoms with E-state index >= 15 is 0 Å². The van der Waals surface area contributed by atoms with E-state index < -0.39 is 10.0 Å². The van der Waals surface area contributed by atoms with Crippen LogP contribution >= 0.6 is 0 Å². The van der Waals surface area contributed by atoms with Gasteiger partial charge in [0.05, 0.1) is 5.75 Å². The van der Waals surface area contributed by atoms with Gasteiger partial charge in [-0.3, -0.25) is 0 Å². The maximum absolute atomic E-state index is 11.7. The molecule has 0 aromatic carbocycles. The molecule has 0 aliphatic heterocycles. The van der Waals surface area contributed by atoms with E-state index in [1.165, 1.54) is 0 Å². The Balaban J connectivity index is 2.26. The van der Waals surface area contributed by atoms with Crippen molar-refractivity contribution in [1.82, 2.24) is 10.0 Å². The van der Waals surface area contributed by atoms with E-state index in [9.17, 15) is 8.42 Å². The van der Waals surface area contributed by atoms with Crippen LogP contribution in [0.5, 0.6) is 0 Å². The summed E-state index contributed by atoms with van der Waals surface area (Å²) in [5.74, 6) is 0.232. The van der Waals surface area contributed by atoms with Crippen LogP contribution in [0.4, 0.5) is 0 Å². The molecule has 0 amide bonds. The van der Waals surface area contributed by atoms with E-state index in [4.69, 9.17) is 0 Å². The molecule has 0 saturated heterocycles. The van der Waals surface area contributed by atoms with Gasteiger partial charge in [0.25, 0.3) is 0 Å². The van der Waals surface area contributed by atoms with E-state index in [0.717, 1.165) is 32.4 Å². The molecule has 1 rings (SSSR count). The normalized spacial score (nSPS) is 19.9. The first-order chi connectivity index (χ1) is 6.97. The summed E-state index contributed by atoms with van der Waals surface area (Å²) in [5, 5.41) is 3.12. The summed E-state index contributed by atoms with van der Waals surface area (Å²) in [6.07, 6.45) is 3.76. The third-order valence-electron chi connectivity index (χ3n) is 2.88. The highest BCUT2D eigenvalue weighted by Crippen LogP contribution is 2.31. The van der Waals surface area contributed by atoms with Gasteiger partial charge < -0.3 is 5.32 Å². The third-order valence-corrected chi connectivity index (χ3v) is 4.51. The average Bonchev–Trinajstić information content (AvgIpc) is 2.09. The van der Waals surface area contributed by atoms with E-state index in [-0.39, 0.29) is 11.3 Å². The van der Waals surface area contributed by atoms with Gasteiger partial charge in [-0.2, -0.15) is 0 Å². The smallest absolute Gasteiger partial charge is 0.212 e. The fourth-order valence-electron chi connectivity index (χ4n) is 1.80. The predicted octanol–water partition coefficient (Wildman–Crippen LogP) is 0.848. The summed E-state index contributed by atoms with van der Waals surface area (Å²) in [6, 6.07) is 0. The quantitative estimate of drug-likeness (QED) is 0.642. The van der Waals surface area contributed by atoms with Crippen molar-refractivity contribution >= 4 is 10.0 Å². The van der Waals surface area contributed by atoms with Crippen molar-refractivity contribution < 1.29 is 8.42 Å². The van der Waals surface area contributed by atoms with Crippen molar-refractivity contribution in [3.8, 4) is 0 Å². The van der Waals surface area contributed by atoms with Gasteiger partial charge in [0.1, 0.15) is 0 Å². The van der Waals surface area contributed by atoms with Crippen molar-refractivity contribution in [3.05, 3.63) is 0 Å². The molecule has 1 saturated carbocycles. The molecule has 0 bridgehead atoms. The maximum Gasteiger partial charge on any atom is 0.212 e. The average molecular weight is 234 g/mol. The lowest BCUT2D eigenvalue weighted by molar-refractivity contribution is 0.248. The third kappa shape index (κ3) is 4.49. The van der Waals surface area contributed by atoms with Crippen molar-refractivity contribution in [2.24, 2.45) is 0 Å². The number of rotatable bonds is 7. The Bertz CT molecular complexity index is 284. The molecule has 0 radical (unpaired) electrons. The Kier molecular flexibility index (Phi) is 4.55. The second-order valence-corrected chi connectivity index (χ2v) is 6.38. The lowest BCUT2D eigenvalue weighted by Gasteiger charge is -2.38. The lowest BCUT2D eigenvalue weighted by Crippen LogP contribution is -2.51. The zero-order valence-electron chi connectivity index (χ0n) is 9.67. The van der Waals surface area contributed by atoms with Crippen LogP contribution in [0, 0.1) is 0 Å². The van der Waals surface area contributed by atoms with Crippen molar-refractivity contribution in [1.29, 1.82) is 0 Å². The van der Waals surface area contributed by atoms with Gasteiger partial charge >= 0.3 is 0 Å². The molecule has 0 unspecified atom stereocenters. The zero-order valence-corrected chi connectivity index (χ0v) is 10.5. The first-order valence-corrected chi connectivity index (χ1v) is 7.35. The van der Waals surface area contributed by atoms with Crippen LogP contribution in [0.25, 0.3) is 0 Å². The maximum atomic E-state index is 11.7. The van der Waals surface area contributed by atoms with Crippen molar-refractivity contribution in [2.75, 3.05) is 18.8 Å². The van der Waals surface area contributed by atoms with Crippen LogP contribution in [0.3, 0.4) is 0 Å².